The van der Waals surface area contributed by atoms with Crippen LogP contribution in [0, 0.1) is 5.92 Å². The highest BCUT2D eigenvalue weighted by atomic mass is 15.3. The van der Waals surface area contributed by atoms with E-state index < -0.39 is 0 Å². The van der Waals surface area contributed by atoms with E-state index in [9.17, 15) is 0 Å². The highest BCUT2D eigenvalue weighted by Crippen LogP contribution is 2.28. The lowest BCUT2D eigenvalue weighted by Gasteiger charge is -2.28. The molecule has 3 atom stereocenters. The molecule has 2 N–H and O–H groups in total. The van der Waals surface area contributed by atoms with Gasteiger partial charge in [0.25, 0.3) is 0 Å². The van der Waals surface area contributed by atoms with Crippen molar-refractivity contribution in [2.75, 3.05) is 26.2 Å². The summed E-state index contributed by atoms with van der Waals surface area (Å²) < 4.78 is 0. The van der Waals surface area contributed by atoms with Gasteiger partial charge < -0.3 is 5.73 Å². The standard InChI is InChI=1S/C17H27N3/c1-14-9-16(10-18)12-20(14)17-7-8-19(13-17)11-15-5-3-2-4-6-15/h2-6,14,16-17H,7-13,18H2,1H3. The third-order valence-electron chi connectivity index (χ3n) is 5.01. The fourth-order valence-corrected chi connectivity index (χ4v) is 3.92. The predicted molar refractivity (Wildman–Crippen MR) is 83.5 cm³/mol. The molecule has 3 nitrogen and oxygen atoms in total. The van der Waals surface area contributed by atoms with Gasteiger partial charge in [-0.3, -0.25) is 9.80 Å². The van der Waals surface area contributed by atoms with Gasteiger partial charge in [0, 0.05) is 38.3 Å². The summed E-state index contributed by atoms with van der Waals surface area (Å²) >= 11 is 0. The summed E-state index contributed by atoms with van der Waals surface area (Å²) in [5, 5.41) is 0. The number of likely N-dealkylation sites (tertiary alicyclic amines) is 2. The predicted octanol–water partition coefficient (Wildman–Crippen LogP) is 1.93. The minimum Gasteiger partial charge on any atom is -0.330 e. The number of benzene rings is 1. The van der Waals surface area contributed by atoms with Crippen molar-refractivity contribution in [1.29, 1.82) is 0 Å². The molecule has 20 heavy (non-hydrogen) atoms. The Morgan fingerprint density at radius 3 is 2.70 bits per heavy atom. The molecule has 0 aliphatic carbocycles. The van der Waals surface area contributed by atoms with Gasteiger partial charge in [-0.15, -0.1) is 0 Å². The molecule has 0 spiro atoms. The number of hydrogen-bond donors (Lipinski definition) is 1. The largest absolute Gasteiger partial charge is 0.330 e. The number of nitrogens with zero attached hydrogens (tertiary/aromatic N) is 2. The Morgan fingerprint density at radius 1 is 1.20 bits per heavy atom. The van der Waals surface area contributed by atoms with Crippen LogP contribution in [0.3, 0.4) is 0 Å². The second kappa shape index (κ2) is 6.25. The summed E-state index contributed by atoms with van der Waals surface area (Å²) in [5.74, 6) is 0.716. The van der Waals surface area contributed by atoms with E-state index in [-0.39, 0.29) is 0 Å². The molecule has 2 heterocycles. The minimum atomic E-state index is 0.713. The monoisotopic (exact) mass is 273 g/mol. The minimum absolute atomic E-state index is 0.713. The Balaban J connectivity index is 1.54. The van der Waals surface area contributed by atoms with E-state index >= 15 is 0 Å². The summed E-state index contributed by atoms with van der Waals surface area (Å²) in [4.78, 5) is 5.31. The van der Waals surface area contributed by atoms with Gasteiger partial charge in [-0.05, 0) is 37.8 Å². The van der Waals surface area contributed by atoms with Crippen LogP contribution in [0.2, 0.25) is 0 Å². The van der Waals surface area contributed by atoms with Gasteiger partial charge in [-0.2, -0.15) is 0 Å². The summed E-state index contributed by atoms with van der Waals surface area (Å²) in [7, 11) is 0. The Kier molecular flexibility index (Phi) is 4.39. The Bertz CT molecular complexity index is 420. The van der Waals surface area contributed by atoms with Crippen LogP contribution in [0.4, 0.5) is 0 Å². The maximum Gasteiger partial charge on any atom is 0.0238 e. The van der Waals surface area contributed by atoms with Crippen molar-refractivity contribution < 1.29 is 0 Å². The van der Waals surface area contributed by atoms with E-state index in [1.54, 1.807) is 0 Å². The second-order valence-electron chi connectivity index (χ2n) is 6.55. The van der Waals surface area contributed by atoms with Gasteiger partial charge >= 0.3 is 0 Å². The Hall–Kier alpha value is -0.900. The summed E-state index contributed by atoms with van der Waals surface area (Å²) in [5.41, 5.74) is 7.28. The first-order valence-electron chi connectivity index (χ1n) is 7.98. The fourth-order valence-electron chi connectivity index (χ4n) is 3.92. The van der Waals surface area contributed by atoms with Crippen molar-refractivity contribution in [1.82, 2.24) is 9.80 Å². The van der Waals surface area contributed by atoms with Gasteiger partial charge in [-0.25, -0.2) is 0 Å². The van der Waals surface area contributed by atoms with Crippen LogP contribution in [-0.4, -0.2) is 48.1 Å². The first-order valence-corrected chi connectivity index (χ1v) is 7.98. The van der Waals surface area contributed by atoms with Crippen LogP contribution in [0.25, 0.3) is 0 Å². The third kappa shape index (κ3) is 3.05. The van der Waals surface area contributed by atoms with Gasteiger partial charge in [-0.1, -0.05) is 30.3 Å². The molecule has 1 aromatic carbocycles. The molecule has 110 valence electrons. The molecule has 0 aromatic heterocycles. The summed E-state index contributed by atoms with van der Waals surface area (Å²) in [6, 6.07) is 12.3. The smallest absolute Gasteiger partial charge is 0.0238 e. The second-order valence-corrected chi connectivity index (χ2v) is 6.55. The SMILES string of the molecule is CC1CC(CN)CN1C1CCN(Cc2ccccc2)C1. The quantitative estimate of drug-likeness (QED) is 0.910. The maximum absolute atomic E-state index is 5.85. The molecular weight excluding hydrogens is 246 g/mol. The number of rotatable bonds is 4. The van der Waals surface area contributed by atoms with Gasteiger partial charge in [0.15, 0.2) is 0 Å². The first kappa shape index (κ1) is 14.1. The molecule has 3 rings (SSSR count). The molecule has 3 heteroatoms. The van der Waals surface area contributed by atoms with Crippen LogP contribution in [0.15, 0.2) is 30.3 Å². The van der Waals surface area contributed by atoms with E-state index in [0.29, 0.717) is 12.0 Å². The topological polar surface area (TPSA) is 32.5 Å². The number of nitrogens with two attached hydrogens (primary N) is 1. The summed E-state index contributed by atoms with van der Waals surface area (Å²) in [6.45, 7) is 7.98. The van der Waals surface area contributed by atoms with Crippen LogP contribution in [-0.2, 0) is 6.54 Å². The molecular formula is C17H27N3. The van der Waals surface area contributed by atoms with Crippen molar-refractivity contribution in [3.05, 3.63) is 35.9 Å². The van der Waals surface area contributed by atoms with Crippen molar-refractivity contribution >= 4 is 0 Å². The highest BCUT2D eigenvalue weighted by molar-refractivity contribution is 5.14. The normalized spacial score (nSPS) is 32.0. The molecule has 2 saturated heterocycles. The van der Waals surface area contributed by atoms with Crippen molar-refractivity contribution in [2.24, 2.45) is 11.7 Å². The molecule has 0 bridgehead atoms. The molecule has 1 aromatic rings. The zero-order chi connectivity index (χ0) is 13.9. The molecule has 3 unspecified atom stereocenters. The molecule has 2 aliphatic heterocycles. The van der Waals surface area contributed by atoms with E-state index in [1.165, 1.54) is 38.0 Å². The molecule has 2 aliphatic rings. The lowest BCUT2D eigenvalue weighted by Crippen LogP contribution is -2.40. The molecule has 0 radical (unpaired) electrons. The van der Waals surface area contributed by atoms with Crippen LogP contribution >= 0.6 is 0 Å². The van der Waals surface area contributed by atoms with E-state index in [2.05, 4.69) is 47.1 Å². The Labute approximate surface area is 122 Å². The van der Waals surface area contributed by atoms with Gasteiger partial charge in [0.05, 0.1) is 0 Å². The van der Waals surface area contributed by atoms with Crippen LogP contribution in [0.5, 0.6) is 0 Å². The lowest BCUT2D eigenvalue weighted by molar-refractivity contribution is 0.182. The van der Waals surface area contributed by atoms with E-state index in [1.807, 2.05) is 0 Å². The van der Waals surface area contributed by atoms with Gasteiger partial charge in [0.2, 0.25) is 0 Å². The van der Waals surface area contributed by atoms with Crippen LogP contribution in [0.1, 0.15) is 25.3 Å². The maximum atomic E-state index is 5.85. The molecule has 2 fully saturated rings. The Morgan fingerprint density at radius 2 is 2.00 bits per heavy atom. The van der Waals surface area contributed by atoms with E-state index in [4.69, 9.17) is 5.73 Å². The molecule has 0 saturated carbocycles. The van der Waals surface area contributed by atoms with Crippen molar-refractivity contribution in [3.8, 4) is 0 Å². The van der Waals surface area contributed by atoms with Crippen molar-refractivity contribution in [2.45, 2.75) is 38.4 Å². The zero-order valence-corrected chi connectivity index (χ0v) is 12.5. The third-order valence-corrected chi connectivity index (χ3v) is 5.01. The lowest BCUT2D eigenvalue weighted by atomic mass is 10.1. The van der Waals surface area contributed by atoms with Crippen LogP contribution < -0.4 is 5.73 Å². The fraction of sp³-hybridized carbons (Fsp3) is 0.647. The van der Waals surface area contributed by atoms with E-state index in [0.717, 1.165) is 19.1 Å². The first-order chi connectivity index (χ1) is 9.76. The van der Waals surface area contributed by atoms with Crippen molar-refractivity contribution in [3.63, 3.8) is 0 Å². The highest BCUT2D eigenvalue weighted by Gasteiger charge is 2.36. The number of hydrogen-bond acceptors (Lipinski definition) is 3. The average Bonchev–Trinajstić information content (AvgIpc) is 3.06. The zero-order valence-electron chi connectivity index (χ0n) is 12.5. The average molecular weight is 273 g/mol. The summed E-state index contributed by atoms with van der Waals surface area (Å²) in [6.07, 6.45) is 2.60. The van der Waals surface area contributed by atoms with Gasteiger partial charge in [0.1, 0.15) is 0 Å². The molecule has 0 amide bonds.